The number of fused-ring (bicyclic) bond motifs is 1. The molecule has 20 heavy (non-hydrogen) atoms. The van der Waals surface area contributed by atoms with Crippen LogP contribution in [0.25, 0.3) is 10.8 Å². The zero-order chi connectivity index (χ0) is 13.9. The van der Waals surface area contributed by atoms with Gasteiger partial charge in [-0.05, 0) is 29.8 Å². The molecule has 2 N–H and O–H groups in total. The van der Waals surface area contributed by atoms with Gasteiger partial charge in [-0.3, -0.25) is 9.97 Å². The Morgan fingerprint density at radius 1 is 1.00 bits per heavy atom. The molecular weight excluding hydrogens is 248 g/mol. The van der Waals surface area contributed by atoms with E-state index in [4.69, 9.17) is 5.73 Å². The lowest BCUT2D eigenvalue weighted by Crippen LogP contribution is -2.17. The second-order valence-corrected chi connectivity index (χ2v) is 4.81. The molecule has 3 aromatic rings. The maximum atomic E-state index is 6.02. The first-order valence-corrected chi connectivity index (χ1v) is 6.48. The summed E-state index contributed by atoms with van der Waals surface area (Å²) in [7, 11) is 2.06. The summed E-state index contributed by atoms with van der Waals surface area (Å²) in [4.78, 5) is 10.5. The second-order valence-electron chi connectivity index (χ2n) is 4.81. The van der Waals surface area contributed by atoms with Crippen LogP contribution in [-0.4, -0.2) is 17.0 Å². The van der Waals surface area contributed by atoms with Crippen LogP contribution in [-0.2, 0) is 6.54 Å². The van der Waals surface area contributed by atoms with E-state index in [1.807, 2.05) is 36.7 Å². The Bertz CT molecular complexity index is 725. The number of pyridine rings is 2. The Morgan fingerprint density at radius 3 is 2.65 bits per heavy atom. The highest BCUT2D eigenvalue weighted by atomic mass is 15.1. The summed E-state index contributed by atoms with van der Waals surface area (Å²) in [6.45, 7) is 0.793. The van der Waals surface area contributed by atoms with Crippen molar-refractivity contribution < 1.29 is 0 Å². The van der Waals surface area contributed by atoms with E-state index >= 15 is 0 Å². The van der Waals surface area contributed by atoms with Crippen LogP contribution in [0, 0.1) is 0 Å². The lowest BCUT2D eigenvalue weighted by molar-refractivity contribution is 0.920. The molecule has 0 aliphatic rings. The van der Waals surface area contributed by atoms with Crippen molar-refractivity contribution in [2.75, 3.05) is 17.7 Å². The summed E-state index contributed by atoms with van der Waals surface area (Å²) in [5.41, 5.74) is 9.09. The lowest BCUT2D eigenvalue weighted by atomic mass is 10.1. The minimum absolute atomic E-state index is 0.779. The summed E-state index contributed by atoms with van der Waals surface area (Å²) < 4.78 is 0. The van der Waals surface area contributed by atoms with Crippen molar-refractivity contribution in [3.8, 4) is 0 Å². The fourth-order valence-electron chi connectivity index (χ4n) is 2.38. The quantitative estimate of drug-likeness (QED) is 0.739. The fraction of sp³-hybridized carbons (Fsp3) is 0.125. The van der Waals surface area contributed by atoms with Crippen LogP contribution in [0.15, 0.2) is 55.1 Å². The van der Waals surface area contributed by atoms with Crippen LogP contribution in [0.1, 0.15) is 5.56 Å². The summed E-state index contributed by atoms with van der Waals surface area (Å²) in [6, 6.07) is 9.95. The minimum atomic E-state index is 0.779. The van der Waals surface area contributed by atoms with E-state index in [2.05, 4.69) is 28.0 Å². The summed E-state index contributed by atoms with van der Waals surface area (Å²) in [6.07, 6.45) is 7.30. The minimum Gasteiger partial charge on any atom is -0.398 e. The average Bonchev–Trinajstić information content (AvgIpc) is 2.49. The molecule has 4 heteroatoms. The van der Waals surface area contributed by atoms with E-state index < -0.39 is 0 Å². The van der Waals surface area contributed by atoms with Gasteiger partial charge in [-0.15, -0.1) is 0 Å². The largest absolute Gasteiger partial charge is 0.398 e. The highest BCUT2D eigenvalue weighted by molar-refractivity contribution is 6.00. The van der Waals surface area contributed by atoms with Crippen LogP contribution in [0.2, 0.25) is 0 Å². The first-order valence-electron chi connectivity index (χ1n) is 6.48. The molecule has 0 aliphatic heterocycles. The monoisotopic (exact) mass is 264 g/mol. The highest BCUT2D eigenvalue weighted by Crippen LogP contribution is 2.30. The highest BCUT2D eigenvalue weighted by Gasteiger charge is 2.08. The van der Waals surface area contributed by atoms with E-state index in [0.29, 0.717) is 0 Å². The number of hydrogen-bond acceptors (Lipinski definition) is 4. The molecular formula is C16H16N4. The van der Waals surface area contributed by atoms with Gasteiger partial charge in [0.25, 0.3) is 0 Å². The number of anilines is 2. The molecule has 3 rings (SSSR count). The first kappa shape index (κ1) is 12.4. The second kappa shape index (κ2) is 5.17. The molecule has 0 spiro atoms. The molecule has 0 bridgehead atoms. The van der Waals surface area contributed by atoms with Crippen molar-refractivity contribution in [1.29, 1.82) is 0 Å². The number of rotatable bonds is 3. The zero-order valence-corrected chi connectivity index (χ0v) is 11.3. The molecule has 0 fully saturated rings. The Morgan fingerprint density at radius 2 is 1.85 bits per heavy atom. The SMILES string of the molecule is CN(Cc1cccnc1)c1ccc(N)c2ccncc12. The summed E-state index contributed by atoms with van der Waals surface area (Å²) in [5.74, 6) is 0. The van der Waals surface area contributed by atoms with Gasteiger partial charge in [0.1, 0.15) is 0 Å². The third-order valence-electron chi connectivity index (χ3n) is 3.38. The molecule has 2 aromatic heterocycles. The van der Waals surface area contributed by atoms with Crippen LogP contribution in [0.3, 0.4) is 0 Å². The van der Waals surface area contributed by atoms with E-state index in [1.165, 1.54) is 5.56 Å². The van der Waals surface area contributed by atoms with E-state index in [-0.39, 0.29) is 0 Å². The molecule has 0 radical (unpaired) electrons. The lowest BCUT2D eigenvalue weighted by Gasteiger charge is -2.21. The molecule has 1 aromatic carbocycles. The number of nitrogens with two attached hydrogens (primary N) is 1. The third kappa shape index (κ3) is 2.28. The van der Waals surface area contributed by atoms with Gasteiger partial charge in [0.05, 0.1) is 0 Å². The Labute approximate surface area is 117 Å². The number of nitrogen functional groups attached to an aromatic ring is 1. The molecule has 4 nitrogen and oxygen atoms in total. The predicted octanol–water partition coefficient (Wildman–Crippen LogP) is 2.85. The van der Waals surface area contributed by atoms with Gasteiger partial charge in [0.2, 0.25) is 0 Å². The number of nitrogens with zero attached hydrogens (tertiary/aromatic N) is 3. The van der Waals surface area contributed by atoms with Crippen molar-refractivity contribution >= 4 is 22.1 Å². The summed E-state index contributed by atoms with van der Waals surface area (Å²) >= 11 is 0. The Hall–Kier alpha value is -2.62. The van der Waals surface area contributed by atoms with Gasteiger partial charge in [-0.25, -0.2) is 0 Å². The van der Waals surface area contributed by atoms with Crippen LogP contribution in [0.5, 0.6) is 0 Å². The molecule has 0 saturated heterocycles. The molecule has 0 atom stereocenters. The van der Waals surface area contributed by atoms with E-state index in [0.717, 1.165) is 28.7 Å². The Kier molecular flexibility index (Phi) is 3.21. The normalized spacial score (nSPS) is 10.7. The molecule has 0 aliphatic carbocycles. The van der Waals surface area contributed by atoms with E-state index in [9.17, 15) is 0 Å². The maximum absolute atomic E-state index is 6.02. The van der Waals surface area contributed by atoms with Crippen LogP contribution >= 0.6 is 0 Å². The van der Waals surface area contributed by atoms with Crippen LogP contribution < -0.4 is 10.6 Å². The third-order valence-corrected chi connectivity index (χ3v) is 3.38. The van der Waals surface area contributed by atoms with Crippen molar-refractivity contribution in [3.05, 3.63) is 60.7 Å². The summed E-state index contributed by atoms with van der Waals surface area (Å²) in [5, 5.41) is 2.11. The average molecular weight is 264 g/mol. The smallest absolute Gasteiger partial charge is 0.0463 e. The molecule has 100 valence electrons. The Balaban J connectivity index is 2.00. The van der Waals surface area contributed by atoms with Gasteiger partial charge < -0.3 is 10.6 Å². The van der Waals surface area contributed by atoms with Crippen molar-refractivity contribution in [3.63, 3.8) is 0 Å². The molecule has 0 amide bonds. The van der Waals surface area contributed by atoms with Crippen molar-refractivity contribution in [1.82, 2.24) is 9.97 Å². The zero-order valence-electron chi connectivity index (χ0n) is 11.3. The number of hydrogen-bond donors (Lipinski definition) is 1. The van der Waals surface area contributed by atoms with E-state index in [1.54, 1.807) is 12.4 Å². The molecule has 0 unspecified atom stereocenters. The van der Waals surface area contributed by atoms with Gasteiger partial charge in [-0.2, -0.15) is 0 Å². The number of aromatic nitrogens is 2. The first-order chi connectivity index (χ1) is 9.75. The van der Waals surface area contributed by atoms with Gasteiger partial charge >= 0.3 is 0 Å². The molecule has 0 saturated carbocycles. The predicted molar refractivity (Wildman–Crippen MR) is 82.5 cm³/mol. The topological polar surface area (TPSA) is 55.0 Å². The standard InChI is InChI=1S/C16H16N4/c1-20(11-12-3-2-7-18-9-12)16-5-4-15(17)13-6-8-19-10-14(13)16/h2-10H,11,17H2,1H3. The van der Waals surface area contributed by atoms with Gasteiger partial charge in [0.15, 0.2) is 0 Å². The molecule has 2 heterocycles. The van der Waals surface area contributed by atoms with Crippen LogP contribution in [0.4, 0.5) is 11.4 Å². The number of benzene rings is 1. The van der Waals surface area contributed by atoms with Crippen molar-refractivity contribution in [2.24, 2.45) is 0 Å². The van der Waals surface area contributed by atoms with Gasteiger partial charge in [0, 0.05) is 60.5 Å². The van der Waals surface area contributed by atoms with Crippen molar-refractivity contribution in [2.45, 2.75) is 6.54 Å². The van der Waals surface area contributed by atoms with Gasteiger partial charge in [-0.1, -0.05) is 6.07 Å². The maximum Gasteiger partial charge on any atom is 0.0463 e. The fourth-order valence-corrected chi connectivity index (χ4v) is 2.38.